The van der Waals surface area contributed by atoms with E-state index in [1.807, 2.05) is 0 Å². The van der Waals surface area contributed by atoms with E-state index in [9.17, 15) is 9.59 Å². The number of carbonyl (C=O) groups excluding carboxylic acids is 2. The van der Waals surface area contributed by atoms with E-state index in [2.05, 4.69) is 4.40 Å². The Hall–Kier alpha value is -1.04. The molecule has 0 aromatic carbocycles. The van der Waals surface area contributed by atoms with Gasteiger partial charge in [0, 0.05) is 5.71 Å². The number of ether oxygens (including phenoxy) is 2. The molecule has 0 radical (unpaired) electrons. The van der Waals surface area contributed by atoms with Crippen molar-refractivity contribution in [1.29, 1.82) is 0 Å². The first-order chi connectivity index (χ1) is 7.61. The molecule has 1 aliphatic rings. The van der Waals surface area contributed by atoms with Gasteiger partial charge in [-0.25, -0.2) is 4.40 Å². The molecule has 0 fully saturated rings. The summed E-state index contributed by atoms with van der Waals surface area (Å²) >= 11 is 1.07. The van der Waals surface area contributed by atoms with Crippen molar-refractivity contribution in [2.24, 2.45) is 10.3 Å². The van der Waals surface area contributed by atoms with Gasteiger partial charge in [-0.1, -0.05) is 0 Å². The third-order valence-corrected chi connectivity index (χ3v) is 3.21. The van der Waals surface area contributed by atoms with E-state index < -0.39 is 23.1 Å². The molecule has 2 atom stereocenters. The van der Waals surface area contributed by atoms with E-state index in [1.54, 1.807) is 20.8 Å². The van der Waals surface area contributed by atoms with Gasteiger partial charge < -0.3 is 9.47 Å². The molecule has 1 heterocycles. The largest absolute Gasteiger partial charge is 0.465 e. The molecule has 1 rings (SSSR count). The van der Waals surface area contributed by atoms with E-state index in [-0.39, 0.29) is 0 Å². The van der Waals surface area contributed by atoms with Crippen LogP contribution in [0.15, 0.2) is 4.40 Å². The molecule has 0 saturated carbocycles. The number of hydrogen-bond acceptors (Lipinski definition) is 6. The van der Waals surface area contributed by atoms with Gasteiger partial charge in [0.05, 0.1) is 13.2 Å². The van der Waals surface area contributed by atoms with Crippen LogP contribution in [0.1, 0.15) is 20.8 Å². The highest BCUT2D eigenvalue weighted by molar-refractivity contribution is 7.99. The molecule has 0 saturated heterocycles. The van der Waals surface area contributed by atoms with Crippen LogP contribution in [-0.2, 0) is 19.1 Å². The van der Waals surface area contributed by atoms with Crippen molar-refractivity contribution >= 4 is 29.6 Å². The lowest BCUT2D eigenvalue weighted by atomic mass is 10.0. The van der Waals surface area contributed by atoms with Gasteiger partial charge in [0.2, 0.25) is 0 Å². The number of nitrogens with zero attached hydrogens (tertiary/aromatic N) is 1. The Bertz CT molecular complexity index is 316. The van der Waals surface area contributed by atoms with Crippen LogP contribution in [0.3, 0.4) is 0 Å². The van der Waals surface area contributed by atoms with Gasteiger partial charge in [-0.15, -0.1) is 0 Å². The quantitative estimate of drug-likeness (QED) is 0.550. The SMILES string of the molecule is CCOC(=O)[C@@H]1C(C)=NS[C@H]1C(=O)OCC. The standard InChI is InChI=1S/C10H15NO4S/c1-4-14-9(12)7-6(3)11-16-8(7)10(13)15-5-2/h7-8H,4-5H2,1-3H3/t7-,8-/m1/s1. The van der Waals surface area contributed by atoms with Crippen LogP contribution in [0.2, 0.25) is 0 Å². The Morgan fingerprint density at radius 3 is 2.38 bits per heavy atom. The molecule has 6 heteroatoms. The van der Waals surface area contributed by atoms with Gasteiger partial charge >= 0.3 is 11.9 Å². The smallest absolute Gasteiger partial charge is 0.322 e. The number of esters is 2. The first kappa shape index (κ1) is 13.0. The molecular formula is C10H15NO4S. The average Bonchev–Trinajstić information content (AvgIpc) is 2.61. The fourth-order valence-corrected chi connectivity index (χ4v) is 2.38. The van der Waals surface area contributed by atoms with Crippen molar-refractivity contribution in [3.05, 3.63) is 0 Å². The molecule has 0 aromatic heterocycles. The van der Waals surface area contributed by atoms with Gasteiger partial charge in [0.15, 0.2) is 0 Å². The number of hydrogen-bond donors (Lipinski definition) is 0. The highest BCUT2D eigenvalue weighted by Gasteiger charge is 2.42. The second kappa shape index (κ2) is 5.89. The number of rotatable bonds is 4. The van der Waals surface area contributed by atoms with E-state index >= 15 is 0 Å². The van der Waals surface area contributed by atoms with Crippen molar-refractivity contribution in [1.82, 2.24) is 0 Å². The van der Waals surface area contributed by atoms with Crippen molar-refractivity contribution in [3.63, 3.8) is 0 Å². The summed E-state index contributed by atoms with van der Waals surface area (Å²) in [6.07, 6.45) is 0. The van der Waals surface area contributed by atoms with E-state index in [0.29, 0.717) is 18.9 Å². The summed E-state index contributed by atoms with van der Waals surface area (Å²) < 4.78 is 13.8. The highest BCUT2D eigenvalue weighted by atomic mass is 32.2. The third kappa shape index (κ3) is 2.75. The van der Waals surface area contributed by atoms with Crippen LogP contribution in [0.25, 0.3) is 0 Å². The third-order valence-electron chi connectivity index (χ3n) is 2.12. The van der Waals surface area contributed by atoms with Crippen LogP contribution >= 0.6 is 11.9 Å². The maximum absolute atomic E-state index is 11.7. The van der Waals surface area contributed by atoms with Gasteiger partial charge in [-0.2, -0.15) is 0 Å². The van der Waals surface area contributed by atoms with Crippen molar-refractivity contribution in [2.45, 2.75) is 26.0 Å². The van der Waals surface area contributed by atoms with Gasteiger partial charge in [0.1, 0.15) is 11.2 Å². The lowest BCUT2D eigenvalue weighted by Crippen LogP contribution is -2.36. The minimum atomic E-state index is -0.607. The predicted octanol–water partition coefficient (Wildman–Crippen LogP) is 1.22. The maximum Gasteiger partial charge on any atom is 0.322 e. The molecule has 0 spiro atoms. The molecule has 0 aliphatic carbocycles. The van der Waals surface area contributed by atoms with Crippen LogP contribution in [-0.4, -0.2) is 36.1 Å². The zero-order valence-corrected chi connectivity index (χ0v) is 10.4. The fraction of sp³-hybridized carbons (Fsp3) is 0.700. The fourth-order valence-electron chi connectivity index (χ4n) is 1.41. The lowest BCUT2D eigenvalue weighted by Gasteiger charge is -2.15. The Kier molecular flexibility index (Phi) is 4.79. The summed E-state index contributed by atoms with van der Waals surface area (Å²) in [5.41, 5.74) is 0.613. The molecular weight excluding hydrogens is 230 g/mol. The number of carbonyl (C=O) groups is 2. The first-order valence-corrected chi connectivity index (χ1v) is 5.99. The summed E-state index contributed by atoms with van der Waals surface area (Å²) in [6, 6.07) is 0. The van der Waals surface area contributed by atoms with Gasteiger partial charge in [-0.05, 0) is 32.7 Å². The lowest BCUT2D eigenvalue weighted by molar-refractivity contribution is -0.151. The predicted molar refractivity (Wildman–Crippen MR) is 61.2 cm³/mol. The maximum atomic E-state index is 11.7. The topological polar surface area (TPSA) is 65.0 Å². The summed E-state index contributed by atoms with van der Waals surface area (Å²) in [7, 11) is 0. The summed E-state index contributed by atoms with van der Waals surface area (Å²) in [5.74, 6) is -1.43. The van der Waals surface area contributed by atoms with Crippen LogP contribution < -0.4 is 0 Å². The van der Waals surface area contributed by atoms with Crippen molar-refractivity contribution in [2.75, 3.05) is 13.2 Å². The van der Waals surface area contributed by atoms with Crippen LogP contribution in [0, 0.1) is 5.92 Å². The van der Waals surface area contributed by atoms with Gasteiger partial charge in [-0.3, -0.25) is 9.59 Å². The minimum Gasteiger partial charge on any atom is -0.465 e. The second-order valence-electron chi connectivity index (χ2n) is 3.24. The molecule has 0 bridgehead atoms. The highest BCUT2D eigenvalue weighted by Crippen LogP contribution is 2.32. The molecule has 5 nitrogen and oxygen atoms in total. The van der Waals surface area contributed by atoms with E-state index in [0.717, 1.165) is 11.9 Å². The zero-order valence-electron chi connectivity index (χ0n) is 9.56. The average molecular weight is 245 g/mol. The Morgan fingerprint density at radius 2 is 1.81 bits per heavy atom. The summed E-state index contributed by atoms with van der Waals surface area (Å²) in [5, 5.41) is -0.598. The van der Waals surface area contributed by atoms with Crippen molar-refractivity contribution < 1.29 is 19.1 Å². The normalized spacial score (nSPS) is 23.8. The summed E-state index contributed by atoms with van der Waals surface area (Å²) in [6.45, 7) is 5.76. The molecule has 0 unspecified atom stereocenters. The Labute approximate surface area is 98.7 Å². The second-order valence-corrected chi connectivity index (χ2v) is 4.14. The molecule has 0 N–H and O–H groups in total. The monoisotopic (exact) mass is 245 g/mol. The molecule has 1 aliphatic heterocycles. The first-order valence-electron chi connectivity index (χ1n) is 5.15. The minimum absolute atomic E-state index is 0.294. The van der Waals surface area contributed by atoms with Crippen LogP contribution in [0.4, 0.5) is 0 Å². The molecule has 90 valence electrons. The molecule has 0 aromatic rings. The molecule has 0 amide bonds. The van der Waals surface area contributed by atoms with E-state index in [1.165, 1.54) is 0 Å². The van der Waals surface area contributed by atoms with Crippen LogP contribution in [0.5, 0.6) is 0 Å². The summed E-state index contributed by atoms with van der Waals surface area (Å²) in [4.78, 5) is 23.2. The Morgan fingerprint density at radius 1 is 1.25 bits per heavy atom. The van der Waals surface area contributed by atoms with E-state index in [4.69, 9.17) is 9.47 Å². The van der Waals surface area contributed by atoms with Gasteiger partial charge in [0.25, 0.3) is 0 Å². The molecule has 16 heavy (non-hydrogen) atoms. The Balaban J connectivity index is 2.73. The zero-order chi connectivity index (χ0) is 12.1. The van der Waals surface area contributed by atoms with Crippen molar-refractivity contribution in [3.8, 4) is 0 Å².